The van der Waals surface area contributed by atoms with Gasteiger partial charge in [-0.25, -0.2) is 0 Å². The van der Waals surface area contributed by atoms with Gasteiger partial charge in [-0.05, 0) is 54.8 Å². The molecule has 0 spiro atoms. The molecular formula is C28H20N2S. The van der Waals surface area contributed by atoms with Crippen LogP contribution in [-0.2, 0) is 6.42 Å². The molecule has 0 saturated heterocycles. The fraction of sp³-hybridized carbons (Fsp3) is 0.0714. The molecule has 0 bridgehead atoms. The Bertz CT molecular complexity index is 1590. The monoisotopic (exact) mass is 416 g/mol. The van der Waals surface area contributed by atoms with Gasteiger partial charge in [0.25, 0.3) is 0 Å². The second-order valence-electron chi connectivity index (χ2n) is 8.14. The number of hydrogen-bond donors (Lipinski definition) is 0. The average molecular weight is 417 g/mol. The molecule has 1 aliphatic rings. The van der Waals surface area contributed by atoms with E-state index in [2.05, 4.69) is 106 Å². The number of hydrogen-bond acceptors (Lipinski definition) is 1. The highest BCUT2D eigenvalue weighted by Gasteiger charge is 2.20. The summed E-state index contributed by atoms with van der Waals surface area (Å²) >= 11 is 1.86. The largest absolute Gasteiger partial charge is 0.301 e. The number of benzene rings is 3. The van der Waals surface area contributed by atoms with Crippen LogP contribution in [-0.4, -0.2) is 9.13 Å². The first-order valence-corrected chi connectivity index (χ1v) is 11.6. The van der Waals surface area contributed by atoms with Crippen molar-refractivity contribution in [2.24, 2.45) is 0 Å². The van der Waals surface area contributed by atoms with Crippen molar-refractivity contribution >= 4 is 50.1 Å². The molecule has 3 heterocycles. The molecule has 7 rings (SSSR count). The summed E-state index contributed by atoms with van der Waals surface area (Å²) in [5.41, 5.74) is 6.63. The minimum Gasteiger partial charge on any atom is -0.301 e. The summed E-state index contributed by atoms with van der Waals surface area (Å²) in [6, 6.07) is 30.8. The standard InChI is InChI=1S/C28H20N2S/c1-5-13-23-19(9-1)20-10-2-6-14-24(20)29(23)27-17-18-28(31-27)30-25-15-7-3-11-21(25)22-12-4-8-16-26(22)30/h1-3,5-11,13-18H,4,12H2. The van der Waals surface area contributed by atoms with Crippen LogP contribution in [0.2, 0.25) is 0 Å². The summed E-state index contributed by atoms with van der Waals surface area (Å²) in [5.74, 6) is 0. The Labute approximate surface area is 184 Å². The molecule has 0 saturated carbocycles. The van der Waals surface area contributed by atoms with Gasteiger partial charge in [-0.2, -0.15) is 0 Å². The van der Waals surface area contributed by atoms with Crippen LogP contribution in [0.25, 0.3) is 48.8 Å². The summed E-state index contributed by atoms with van der Waals surface area (Å²) < 4.78 is 4.86. The van der Waals surface area contributed by atoms with Gasteiger partial charge in [-0.3, -0.25) is 0 Å². The summed E-state index contributed by atoms with van der Waals surface area (Å²) in [7, 11) is 0. The van der Waals surface area contributed by atoms with E-state index in [4.69, 9.17) is 0 Å². The molecule has 0 fully saturated rings. The molecule has 6 aromatic rings. The van der Waals surface area contributed by atoms with Gasteiger partial charge in [0.15, 0.2) is 0 Å². The van der Waals surface area contributed by atoms with Gasteiger partial charge in [-0.1, -0.05) is 72.0 Å². The quantitative estimate of drug-likeness (QED) is 0.273. The van der Waals surface area contributed by atoms with Crippen LogP contribution < -0.4 is 0 Å². The normalized spacial score (nSPS) is 13.4. The maximum Gasteiger partial charge on any atom is 0.102 e. The van der Waals surface area contributed by atoms with Gasteiger partial charge < -0.3 is 9.13 Å². The fourth-order valence-corrected chi connectivity index (χ4v) is 6.20. The van der Waals surface area contributed by atoms with Crippen LogP contribution >= 0.6 is 11.3 Å². The zero-order valence-corrected chi connectivity index (χ0v) is 17.8. The number of thiophene rings is 1. The van der Waals surface area contributed by atoms with Crippen molar-refractivity contribution in [1.29, 1.82) is 0 Å². The SMILES string of the molecule is C1=Cc2c(c3ccccc3n2-c2ccc(-n3c4ccccc4c4ccccc43)s2)CC1. The van der Waals surface area contributed by atoms with Crippen molar-refractivity contribution < 1.29 is 0 Å². The summed E-state index contributed by atoms with van der Waals surface area (Å²) in [6.45, 7) is 0. The number of nitrogens with zero attached hydrogens (tertiary/aromatic N) is 2. The second kappa shape index (κ2) is 6.47. The first-order chi connectivity index (χ1) is 15.4. The zero-order valence-electron chi connectivity index (χ0n) is 17.0. The van der Waals surface area contributed by atoms with Gasteiger partial charge in [-0.15, -0.1) is 0 Å². The predicted molar refractivity (Wildman–Crippen MR) is 133 cm³/mol. The van der Waals surface area contributed by atoms with Gasteiger partial charge in [0, 0.05) is 16.2 Å². The maximum absolute atomic E-state index is 2.45. The Morgan fingerprint density at radius 3 is 1.81 bits per heavy atom. The molecule has 0 N–H and O–H groups in total. The molecule has 148 valence electrons. The lowest BCUT2D eigenvalue weighted by atomic mass is 10.0. The van der Waals surface area contributed by atoms with Crippen LogP contribution in [0.4, 0.5) is 0 Å². The molecule has 31 heavy (non-hydrogen) atoms. The minimum absolute atomic E-state index is 1.12. The zero-order chi connectivity index (χ0) is 20.4. The van der Waals surface area contributed by atoms with Crippen molar-refractivity contribution in [2.45, 2.75) is 12.8 Å². The van der Waals surface area contributed by atoms with E-state index in [1.54, 1.807) is 0 Å². The molecule has 3 aromatic heterocycles. The first-order valence-electron chi connectivity index (χ1n) is 10.8. The van der Waals surface area contributed by atoms with Crippen LogP contribution in [0, 0.1) is 0 Å². The van der Waals surface area contributed by atoms with E-state index in [9.17, 15) is 0 Å². The topological polar surface area (TPSA) is 9.86 Å². The number of aromatic nitrogens is 2. The third-order valence-electron chi connectivity index (χ3n) is 6.46. The lowest BCUT2D eigenvalue weighted by Crippen LogP contribution is -1.98. The van der Waals surface area contributed by atoms with Crippen molar-refractivity contribution in [1.82, 2.24) is 9.13 Å². The van der Waals surface area contributed by atoms with Crippen LogP contribution in [0.5, 0.6) is 0 Å². The van der Waals surface area contributed by atoms with E-state index in [1.807, 2.05) is 11.3 Å². The first kappa shape index (κ1) is 17.2. The average Bonchev–Trinajstić information content (AvgIpc) is 3.51. The summed E-state index contributed by atoms with van der Waals surface area (Å²) in [4.78, 5) is 0. The van der Waals surface area contributed by atoms with Crippen LogP contribution in [0.3, 0.4) is 0 Å². The molecule has 0 amide bonds. The Morgan fingerprint density at radius 2 is 1.13 bits per heavy atom. The lowest BCUT2D eigenvalue weighted by molar-refractivity contribution is 0.972. The molecule has 3 aromatic carbocycles. The molecule has 0 unspecified atom stereocenters. The molecule has 2 nitrogen and oxygen atoms in total. The molecule has 1 aliphatic carbocycles. The van der Waals surface area contributed by atoms with Gasteiger partial charge in [0.1, 0.15) is 10.0 Å². The smallest absolute Gasteiger partial charge is 0.102 e. The highest BCUT2D eigenvalue weighted by Crippen LogP contribution is 2.39. The Balaban J connectivity index is 1.50. The van der Waals surface area contributed by atoms with Gasteiger partial charge in [0.05, 0.1) is 22.2 Å². The van der Waals surface area contributed by atoms with Gasteiger partial charge >= 0.3 is 0 Å². The fourth-order valence-electron chi connectivity index (χ4n) is 5.14. The number of rotatable bonds is 2. The summed E-state index contributed by atoms with van der Waals surface area (Å²) in [6.07, 6.45) is 6.85. The third-order valence-corrected chi connectivity index (χ3v) is 7.51. The lowest BCUT2D eigenvalue weighted by Gasteiger charge is -2.10. The van der Waals surface area contributed by atoms with E-state index in [1.165, 1.54) is 54.0 Å². The van der Waals surface area contributed by atoms with Crippen LogP contribution in [0.1, 0.15) is 17.7 Å². The number of aryl methyl sites for hydroxylation is 1. The minimum atomic E-state index is 1.12. The Hall–Kier alpha value is -3.56. The number of allylic oxidation sites excluding steroid dienone is 1. The van der Waals surface area contributed by atoms with Crippen molar-refractivity contribution in [3.8, 4) is 10.0 Å². The Morgan fingerprint density at radius 1 is 0.581 bits per heavy atom. The predicted octanol–water partition coefficient (Wildman–Crippen LogP) is 7.75. The second-order valence-corrected chi connectivity index (χ2v) is 9.18. The molecule has 3 heteroatoms. The highest BCUT2D eigenvalue weighted by atomic mass is 32.1. The van der Waals surface area contributed by atoms with Crippen molar-refractivity contribution in [3.63, 3.8) is 0 Å². The highest BCUT2D eigenvalue weighted by molar-refractivity contribution is 7.17. The molecule has 0 aliphatic heterocycles. The van der Waals surface area contributed by atoms with E-state index in [0.29, 0.717) is 0 Å². The van der Waals surface area contributed by atoms with E-state index in [0.717, 1.165) is 12.8 Å². The van der Waals surface area contributed by atoms with Crippen LogP contribution in [0.15, 0.2) is 91.0 Å². The van der Waals surface area contributed by atoms with Crippen molar-refractivity contribution in [3.05, 3.63) is 102 Å². The van der Waals surface area contributed by atoms with E-state index in [-0.39, 0.29) is 0 Å². The Kier molecular flexibility index (Phi) is 3.58. The van der Waals surface area contributed by atoms with Gasteiger partial charge in [0.2, 0.25) is 0 Å². The third kappa shape index (κ3) is 2.38. The number of fused-ring (bicyclic) bond motifs is 6. The van der Waals surface area contributed by atoms with E-state index < -0.39 is 0 Å². The maximum atomic E-state index is 2.45. The molecule has 0 radical (unpaired) electrons. The summed E-state index contributed by atoms with van der Waals surface area (Å²) in [5, 5.41) is 6.51. The molecular weight excluding hydrogens is 396 g/mol. The van der Waals surface area contributed by atoms with E-state index >= 15 is 0 Å². The molecule has 0 atom stereocenters. The number of para-hydroxylation sites is 3. The van der Waals surface area contributed by atoms with Crippen molar-refractivity contribution in [2.75, 3.05) is 0 Å².